The zero-order valence-electron chi connectivity index (χ0n) is 7.97. The minimum absolute atomic E-state index is 0.229. The van der Waals surface area contributed by atoms with E-state index in [-0.39, 0.29) is 11.7 Å². The molecule has 0 spiro atoms. The molecule has 12 heavy (non-hydrogen) atoms. The van der Waals surface area contributed by atoms with Crippen LogP contribution in [0.4, 0.5) is 0 Å². The molecule has 0 amide bonds. The van der Waals surface area contributed by atoms with Crippen LogP contribution in [0.3, 0.4) is 0 Å². The zero-order valence-corrected chi connectivity index (χ0v) is 7.97. The summed E-state index contributed by atoms with van der Waals surface area (Å²) in [5.74, 6) is 0. The summed E-state index contributed by atoms with van der Waals surface area (Å²) >= 11 is 0. The number of ether oxygens (including phenoxy) is 1. The van der Waals surface area contributed by atoms with Gasteiger partial charge in [-0.3, -0.25) is 0 Å². The first kappa shape index (κ1) is 8.52. The van der Waals surface area contributed by atoms with Gasteiger partial charge in [0, 0.05) is 0 Å². The number of rotatable bonds is 1. The van der Waals surface area contributed by atoms with Crippen molar-refractivity contribution in [3.63, 3.8) is 0 Å². The maximum Gasteiger partial charge on any atom is 0.120 e. The van der Waals surface area contributed by atoms with Crippen molar-refractivity contribution in [3.8, 4) is 0 Å². The third-order valence-corrected chi connectivity index (χ3v) is 3.74. The number of aliphatic hydroxyl groups is 1. The highest BCUT2D eigenvalue weighted by atomic mass is 16.6. The smallest absolute Gasteiger partial charge is 0.120 e. The van der Waals surface area contributed by atoms with Gasteiger partial charge in [0.2, 0.25) is 0 Å². The highest BCUT2D eigenvalue weighted by molar-refractivity contribution is 5.11. The van der Waals surface area contributed by atoms with Crippen LogP contribution in [0.1, 0.15) is 46.0 Å². The van der Waals surface area contributed by atoms with Crippen LogP contribution in [0, 0.1) is 0 Å². The summed E-state index contributed by atoms with van der Waals surface area (Å²) < 4.78 is 5.50. The molecule has 0 radical (unpaired) electrons. The first-order valence-corrected chi connectivity index (χ1v) is 4.99. The first-order chi connectivity index (χ1) is 5.58. The Morgan fingerprint density at radius 1 is 1.25 bits per heavy atom. The summed E-state index contributed by atoms with van der Waals surface area (Å²) in [6.07, 6.45) is 5.68. The van der Waals surface area contributed by atoms with Gasteiger partial charge in [-0.05, 0) is 26.7 Å². The molecule has 0 aromatic carbocycles. The standard InChI is InChI=1S/C10H18O2/c1-8-9(2,12-8)10(11)6-4-3-5-7-10/h8,11H,3-7H2,1-2H3/t8-,9+/m0/s1. The number of hydrogen-bond donors (Lipinski definition) is 1. The molecule has 1 N–H and O–H groups in total. The molecule has 1 aliphatic carbocycles. The van der Waals surface area contributed by atoms with Crippen molar-refractivity contribution in [1.82, 2.24) is 0 Å². The lowest BCUT2D eigenvalue weighted by Gasteiger charge is -2.35. The topological polar surface area (TPSA) is 32.8 Å². The Bertz CT molecular complexity index is 184. The molecule has 2 heteroatoms. The Labute approximate surface area is 73.9 Å². The Morgan fingerprint density at radius 3 is 2.17 bits per heavy atom. The molecule has 0 aromatic rings. The van der Waals surface area contributed by atoms with E-state index in [1.165, 1.54) is 6.42 Å². The average Bonchev–Trinajstić information content (AvgIpc) is 2.63. The fraction of sp³-hybridized carbons (Fsp3) is 1.00. The highest BCUT2D eigenvalue weighted by Gasteiger charge is 2.62. The van der Waals surface area contributed by atoms with Crippen LogP contribution in [0.25, 0.3) is 0 Å². The highest BCUT2D eigenvalue weighted by Crippen LogP contribution is 2.50. The van der Waals surface area contributed by atoms with Gasteiger partial charge in [-0.15, -0.1) is 0 Å². The van der Waals surface area contributed by atoms with Crippen molar-refractivity contribution < 1.29 is 9.84 Å². The van der Waals surface area contributed by atoms with E-state index in [1.807, 2.05) is 13.8 Å². The quantitative estimate of drug-likeness (QED) is 0.609. The minimum Gasteiger partial charge on any atom is -0.387 e. The summed E-state index contributed by atoms with van der Waals surface area (Å²) in [5, 5.41) is 10.3. The van der Waals surface area contributed by atoms with Crippen molar-refractivity contribution in [2.24, 2.45) is 0 Å². The van der Waals surface area contributed by atoms with Gasteiger partial charge in [-0.1, -0.05) is 19.3 Å². The van der Waals surface area contributed by atoms with Crippen molar-refractivity contribution >= 4 is 0 Å². The third kappa shape index (κ3) is 1.01. The lowest BCUT2D eigenvalue weighted by atomic mass is 9.75. The second-order valence-electron chi connectivity index (χ2n) is 4.46. The monoisotopic (exact) mass is 170 g/mol. The van der Waals surface area contributed by atoms with Crippen LogP contribution in [0.5, 0.6) is 0 Å². The van der Waals surface area contributed by atoms with Crippen LogP contribution in [-0.4, -0.2) is 22.4 Å². The van der Waals surface area contributed by atoms with Gasteiger partial charge in [0.15, 0.2) is 0 Å². The summed E-state index contributed by atoms with van der Waals surface area (Å²) in [7, 11) is 0. The van der Waals surface area contributed by atoms with E-state index < -0.39 is 5.60 Å². The van der Waals surface area contributed by atoms with Crippen LogP contribution in [-0.2, 0) is 4.74 Å². The van der Waals surface area contributed by atoms with Crippen molar-refractivity contribution in [1.29, 1.82) is 0 Å². The normalized spacial score (nSPS) is 45.8. The largest absolute Gasteiger partial charge is 0.387 e. The maximum atomic E-state index is 10.3. The fourth-order valence-electron chi connectivity index (χ4n) is 2.45. The molecule has 2 aliphatic rings. The molecule has 0 unspecified atom stereocenters. The van der Waals surface area contributed by atoms with E-state index in [9.17, 15) is 5.11 Å². The maximum absolute atomic E-state index is 10.3. The van der Waals surface area contributed by atoms with E-state index in [4.69, 9.17) is 4.74 Å². The van der Waals surface area contributed by atoms with E-state index >= 15 is 0 Å². The van der Waals surface area contributed by atoms with Gasteiger partial charge in [0.25, 0.3) is 0 Å². The second-order valence-corrected chi connectivity index (χ2v) is 4.46. The SMILES string of the molecule is C[C@@H]1O[C@@]1(C)C1(O)CCCCC1. The minimum atomic E-state index is -0.523. The zero-order chi connectivity index (χ0) is 8.82. The summed E-state index contributed by atoms with van der Waals surface area (Å²) in [4.78, 5) is 0. The van der Waals surface area contributed by atoms with Crippen molar-refractivity contribution in [2.75, 3.05) is 0 Å². The first-order valence-electron chi connectivity index (χ1n) is 4.99. The molecule has 0 bridgehead atoms. The Balaban J connectivity index is 2.09. The Morgan fingerprint density at radius 2 is 1.75 bits per heavy atom. The molecule has 0 aromatic heterocycles. The van der Waals surface area contributed by atoms with Gasteiger partial charge in [0.1, 0.15) is 5.60 Å². The van der Waals surface area contributed by atoms with Gasteiger partial charge >= 0.3 is 0 Å². The third-order valence-electron chi connectivity index (χ3n) is 3.74. The molecule has 1 saturated carbocycles. The van der Waals surface area contributed by atoms with Crippen molar-refractivity contribution in [3.05, 3.63) is 0 Å². The predicted octanol–water partition coefficient (Wildman–Crippen LogP) is 1.86. The molecule has 1 saturated heterocycles. The lowest BCUT2D eigenvalue weighted by molar-refractivity contribution is -0.0586. The van der Waals surface area contributed by atoms with Crippen molar-refractivity contribution in [2.45, 2.75) is 63.3 Å². The van der Waals surface area contributed by atoms with Crippen LogP contribution in [0.15, 0.2) is 0 Å². The van der Waals surface area contributed by atoms with Crippen LogP contribution in [0.2, 0.25) is 0 Å². The van der Waals surface area contributed by atoms with Crippen LogP contribution >= 0.6 is 0 Å². The number of hydrogen-bond acceptors (Lipinski definition) is 2. The van der Waals surface area contributed by atoms with E-state index in [0.29, 0.717) is 0 Å². The van der Waals surface area contributed by atoms with E-state index in [2.05, 4.69) is 0 Å². The Kier molecular flexibility index (Phi) is 1.74. The molecule has 2 nitrogen and oxygen atoms in total. The van der Waals surface area contributed by atoms with Gasteiger partial charge < -0.3 is 9.84 Å². The molecule has 2 atom stereocenters. The summed E-state index contributed by atoms with van der Waals surface area (Å²) in [5.41, 5.74) is -0.752. The molecule has 2 rings (SSSR count). The lowest BCUT2D eigenvalue weighted by Crippen LogP contribution is -2.46. The van der Waals surface area contributed by atoms with Gasteiger partial charge in [-0.2, -0.15) is 0 Å². The van der Waals surface area contributed by atoms with Gasteiger partial charge in [0.05, 0.1) is 11.7 Å². The fourth-order valence-corrected chi connectivity index (χ4v) is 2.45. The van der Waals surface area contributed by atoms with Crippen LogP contribution < -0.4 is 0 Å². The second kappa shape index (κ2) is 2.46. The molecule has 1 heterocycles. The number of epoxide rings is 1. The van der Waals surface area contributed by atoms with Gasteiger partial charge in [-0.25, -0.2) is 0 Å². The van der Waals surface area contributed by atoms with E-state index in [1.54, 1.807) is 0 Å². The summed E-state index contributed by atoms with van der Waals surface area (Å²) in [6, 6.07) is 0. The Hall–Kier alpha value is -0.0800. The molecule has 70 valence electrons. The molecule has 2 fully saturated rings. The average molecular weight is 170 g/mol. The predicted molar refractivity (Wildman–Crippen MR) is 47.0 cm³/mol. The molecular formula is C10H18O2. The van der Waals surface area contributed by atoms with E-state index in [0.717, 1.165) is 25.7 Å². The summed E-state index contributed by atoms with van der Waals surface area (Å²) in [6.45, 7) is 4.09. The molecular weight excluding hydrogens is 152 g/mol. The molecule has 1 aliphatic heterocycles.